The van der Waals surface area contributed by atoms with Gasteiger partial charge in [0.2, 0.25) is 0 Å². The molecule has 1 aromatic carbocycles. The van der Waals surface area contributed by atoms with E-state index in [2.05, 4.69) is 27.7 Å². The van der Waals surface area contributed by atoms with E-state index in [1.165, 1.54) is 4.88 Å². The maximum atomic E-state index is 5.68. The average molecular weight is 348 g/mol. The van der Waals surface area contributed by atoms with Gasteiger partial charge in [-0.2, -0.15) is 0 Å². The molecule has 0 radical (unpaired) electrons. The molecule has 1 aliphatic heterocycles. The molecule has 1 N–H and O–H groups in total. The molecule has 1 saturated heterocycles. The number of hydrogen-bond donors (Lipinski definition) is 1. The molecule has 0 saturated carbocycles. The van der Waals surface area contributed by atoms with Crippen LogP contribution in [0, 0.1) is 0 Å². The second kappa shape index (κ2) is 7.88. The number of rotatable bonds is 6. The molecule has 0 bridgehead atoms. The maximum absolute atomic E-state index is 5.68. The summed E-state index contributed by atoms with van der Waals surface area (Å²) in [6, 6.07) is 8.40. The van der Waals surface area contributed by atoms with Crippen molar-refractivity contribution >= 4 is 11.3 Å². The van der Waals surface area contributed by atoms with Crippen LogP contribution in [0.15, 0.2) is 29.6 Å². The van der Waals surface area contributed by atoms with Crippen molar-refractivity contribution in [3.63, 3.8) is 0 Å². The molecule has 24 heavy (non-hydrogen) atoms. The number of methoxy groups -OCH3 is 3. The predicted molar refractivity (Wildman–Crippen MR) is 96.7 cm³/mol. The largest absolute Gasteiger partial charge is 0.496 e. The molecule has 2 aromatic rings. The quantitative estimate of drug-likeness (QED) is 0.869. The zero-order valence-electron chi connectivity index (χ0n) is 14.4. The lowest BCUT2D eigenvalue weighted by Gasteiger charge is -2.35. The Bertz CT molecular complexity index is 655. The molecule has 2 heterocycles. The molecule has 1 fully saturated rings. The third kappa shape index (κ3) is 3.36. The van der Waals surface area contributed by atoms with Gasteiger partial charge in [0.25, 0.3) is 0 Å². The van der Waals surface area contributed by atoms with Crippen LogP contribution >= 0.6 is 11.3 Å². The molecule has 1 aliphatic rings. The van der Waals surface area contributed by atoms with Crippen LogP contribution in [0.1, 0.15) is 16.5 Å². The summed E-state index contributed by atoms with van der Waals surface area (Å²) >= 11 is 1.77. The van der Waals surface area contributed by atoms with Crippen LogP contribution in [0.25, 0.3) is 0 Å². The molecule has 0 unspecified atom stereocenters. The fraction of sp³-hybridized carbons (Fsp3) is 0.444. The summed E-state index contributed by atoms with van der Waals surface area (Å²) < 4.78 is 16.6. The first-order valence-corrected chi connectivity index (χ1v) is 8.94. The third-order valence-corrected chi connectivity index (χ3v) is 5.28. The van der Waals surface area contributed by atoms with Gasteiger partial charge in [0, 0.05) is 42.7 Å². The second-order valence-corrected chi connectivity index (χ2v) is 6.63. The van der Waals surface area contributed by atoms with Crippen LogP contribution in [0.3, 0.4) is 0 Å². The van der Waals surface area contributed by atoms with Crippen molar-refractivity contribution in [3.05, 3.63) is 40.1 Å². The third-order valence-electron chi connectivity index (χ3n) is 4.36. The minimum absolute atomic E-state index is 0.154. The summed E-state index contributed by atoms with van der Waals surface area (Å²) in [5, 5.41) is 5.54. The molecule has 0 spiro atoms. The van der Waals surface area contributed by atoms with Crippen LogP contribution in [0.4, 0.5) is 0 Å². The number of hydrogen-bond acceptors (Lipinski definition) is 6. The van der Waals surface area contributed by atoms with Gasteiger partial charge in [-0.15, -0.1) is 11.3 Å². The van der Waals surface area contributed by atoms with Gasteiger partial charge in [-0.25, -0.2) is 0 Å². The average Bonchev–Trinajstić information content (AvgIpc) is 3.16. The Morgan fingerprint density at radius 2 is 1.67 bits per heavy atom. The van der Waals surface area contributed by atoms with Crippen molar-refractivity contribution in [1.82, 2.24) is 10.2 Å². The van der Waals surface area contributed by atoms with Gasteiger partial charge in [0.05, 0.1) is 27.4 Å². The molecule has 5 nitrogen and oxygen atoms in total. The van der Waals surface area contributed by atoms with Gasteiger partial charge in [-0.1, -0.05) is 6.07 Å². The highest BCUT2D eigenvalue weighted by Gasteiger charge is 2.28. The SMILES string of the molecule is COc1cc(OC)c([C@H](c2cccs2)N2CCNCC2)cc1OC. The summed E-state index contributed by atoms with van der Waals surface area (Å²) in [6.07, 6.45) is 0. The molecule has 130 valence electrons. The smallest absolute Gasteiger partial charge is 0.164 e. The minimum Gasteiger partial charge on any atom is -0.496 e. The highest BCUT2D eigenvalue weighted by Crippen LogP contribution is 2.42. The molecule has 6 heteroatoms. The van der Waals surface area contributed by atoms with Gasteiger partial charge < -0.3 is 19.5 Å². The van der Waals surface area contributed by atoms with Crippen molar-refractivity contribution in [3.8, 4) is 17.2 Å². The van der Waals surface area contributed by atoms with E-state index >= 15 is 0 Å². The van der Waals surface area contributed by atoms with Crippen LogP contribution < -0.4 is 19.5 Å². The van der Waals surface area contributed by atoms with Crippen LogP contribution in [0.5, 0.6) is 17.2 Å². The van der Waals surface area contributed by atoms with Gasteiger partial charge in [0.1, 0.15) is 5.75 Å². The normalized spacial score (nSPS) is 16.6. The van der Waals surface area contributed by atoms with Crippen molar-refractivity contribution in [2.24, 2.45) is 0 Å². The van der Waals surface area contributed by atoms with Crippen LogP contribution in [-0.4, -0.2) is 52.4 Å². The Balaban J connectivity index is 2.09. The summed E-state index contributed by atoms with van der Waals surface area (Å²) in [6.45, 7) is 4.00. The van der Waals surface area contributed by atoms with Crippen molar-refractivity contribution in [2.45, 2.75) is 6.04 Å². The Kier molecular flexibility index (Phi) is 5.60. The van der Waals surface area contributed by atoms with Gasteiger partial charge in [-0.05, 0) is 17.5 Å². The summed E-state index contributed by atoms with van der Waals surface area (Å²) in [5.74, 6) is 2.23. The standard InChI is InChI=1S/C18H24N2O3S/c1-21-14-12-16(23-3)15(22-2)11-13(14)18(17-5-4-10-24-17)20-8-6-19-7-9-20/h4-5,10-12,18-19H,6-9H2,1-3H3/t18-/m1/s1. The van der Waals surface area contributed by atoms with E-state index in [4.69, 9.17) is 14.2 Å². The molecule has 1 aromatic heterocycles. The highest BCUT2D eigenvalue weighted by molar-refractivity contribution is 7.10. The van der Waals surface area contributed by atoms with Crippen molar-refractivity contribution < 1.29 is 14.2 Å². The van der Waals surface area contributed by atoms with Crippen LogP contribution in [-0.2, 0) is 0 Å². The number of benzene rings is 1. The summed E-state index contributed by atoms with van der Waals surface area (Å²) in [4.78, 5) is 3.80. The minimum atomic E-state index is 0.154. The Labute approximate surface area is 147 Å². The lowest BCUT2D eigenvalue weighted by Crippen LogP contribution is -2.45. The molecular weight excluding hydrogens is 324 g/mol. The van der Waals surface area contributed by atoms with Crippen molar-refractivity contribution in [1.29, 1.82) is 0 Å². The van der Waals surface area contributed by atoms with Gasteiger partial charge >= 0.3 is 0 Å². The number of ether oxygens (including phenoxy) is 3. The summed E-state index contributed by atoms with van der Waals surface area (Å²) in [7, 11) is 5.01. The first-order chi connectivity index (χ1) is 11.8. The molecule has 0 amide bonds. The highest BCUT2D eigenvalue weighted by atomic mass is 32.1. The predicted octanol–water partition coefficient (Wildman–Crippen LogP) is 2.77. The Hall–Kier alpha value is -1.76. The lowest BCUT2D eigenvalue weighted by molar-refractivity contribution is 0.197. The molecule has 0 aliphatic carbocycles. The Morgan fingerprint density at radius 1 is 1.00 bits per heavy atom. The molecule has 1 atom stereocenters. The number of nitrogens with zero attached hydrogens (tertiary/aromatic N) is 1. The van der Waals surface area contributed by atoms with Crippen molar-refractivity contribution in [2.75, 3.05) is 47.5 Å². The fourth-order valence-corrected chi connectivity index (χ4v) is 4.06. The van der Waals surface area contributed by atoms with E-state index < -0.39 is 0 Å². The molecular formula is C18H24N2O3S. The lowest BCUT2D eigenvalue weighted by atomic mass is 10.0. The number of piperazine rings is 1. The zero-order chi connectivity index (χ0) is 16.9. The van der Waals surface area contributed by atoms with Gasteiger partial charge in [0.15, 0.2) is 11.5 Å². The van der Waals surface area contributed by atoms with E-state index in [0.29, 0.717) is 5.75 Å². The topological polar surface area (TPSA) is 43.0 Å². The first-order valence-electron chi connectivity index (χ1n) is 8.06. The number of nitrogens with one attached hydrogen (secondary N) is 1. The number of thiophene rings is 1. The fourth-order valence-electron chi connectivity index (χ4n) is 3.18. The maximum Gasteiger partial charge on any atom is 0.164 e. The monoisotopic (exact) mass is 348 g/mol. The Morgan fingerprint density at radius 3 is 2.25 bits per heavy atom. The zero-order valence-corrected chi connectivity index (χ0v) is 15.2. The summed E-state index contributed by atoms with van der Waals surface area (Å²) in [5.41, 5.74) is 1.11. The van der Waals surface area contributed by atoms with Gasteiger partial charge in [-0.3, -0.25) is 4.90 Å². The second-order valence-electron chi connectivity index (χ2n) is 5.65. The first kappa shape index (κ1) is 17.1. The van der Waals surface area contributed by atoms with E-state index in [9.17, 15) is 0 Å². The van der Waals surface area contributed by atoms with E-state index in [1.54, 1.807) is 32.7 Å². The van der Waals surface area contributed by atoms with E-state index in [0.717, 1.165) is 43.2 Å². The van der Waals surface area contributed by atoms with E-state index in [-0.39, 0.29) is 6.04 Å². The van der Waals surface area contributed by atoms with Crippen LogP contribution in [0.2, 0.25) is 0 Å². The van der Waals surface area contributed by atoms with E-state index in [1.807, 2.05) is 12.1 Å². The molecule has 3 rings (SSSR count).